The van der Waals surface area contributed by atoms with E-state index in [1.807, 2.05) is 0 Å². The highest BCUT2D eigenvalue weighted by molar-refractivity contribution is 5.19. The molecule has 0 heterocycles. The Kier molecular flexibility index (Phi) is 2.54. The zero-order valence-electron chi connectivity index (χ0n) is 5.98. The van der Waals surface area contributed by atoms with E-state index in [9.17, 15) is 8.78 Å². The molecule has 0 aliphatic rings. The van der Waals surface area contributed by atoms with Crippen LogP contribution in [0.3, 0.4) is 0 Å². The molecular formula is C8H9F2N. The lowest BCUT2D eigenvalue weighted by Gasteiger charge is -2.00. The van der Waals surface area contributed by atoms with Gasteiger partial charge >= 0.3 is 0 Å². The van der Waals surface area contributed by atoms with Crippen LogP contribution in [-0.4, -0.2) is 6.54 Å². The molecule has 60 valence electrons. The van der Waals surface area contributed by atoms with Crippen LogP contribution >= 0.6 is 0 Å². The second-order valence-corrected chi connectivity index (χ2v) is 2.25. The average Bonchev–Trinajstić information content (AvgIpc) is 1.99. The second kappa shape index (κ2) is 3.44. The SMILES string of the molecule is NCCc1cccc(F)c1F. The minimum Gasteiger partial charge on any atom is -0.330 e. The first-order valence-corrected chi connectivity index (χ1v) is 3.38. The summed E-state index contributed by atoms with van der Waals surface area (Å²) in [6.45, 7) is 0.334. The van der Waals surface area contributed by atoms with Crippen molar-refractivity contribution in [3.63, 3.8) is 0 Å². The predicted molar refractivity (Wildman–Crippen MR) is 39.1 cm³/mol. The Bertz CT molecular complexity index is 248. The summed E-state index contributed by atoms with van der Waals surface area (Å²) in [5.74, 6) is -1.59. The van der Waals surface area contributed by atoms with Crippen molar-refractivity contribution >= 4 is 0 Å². The molecule has 1 aromatic carbocycles. The van der Waals surface area contributed by atoms with Crippen molar-refractivity contribution in [1.29, 1.82) is 0 Å². The molecule has 1 nitrogen and oxygen atoms in total. The maximum atomic E-state index is 12.8. The van der Waals surface area contributed by atoms with Gasteiger partial charge in [0.25, 0.3) is 0 Å². The Labute approximate surface area is 63.8 Å². The van der Waals surface area contributed by atoms with Gasteiger partial charge in [-0.2, -0.15) is 0 Å². The average molecular weight is 157 g/mol. The van der Waals surface area contributed by atoms with Crippen LogP contribution in [0.15, 0.2) is 18.2 Å². The van der Waals surface area contributed by atoms with E-state index in [-0.39, 0.29) is 0 Å². The first-order valence-electron chi connectivity index (χ1n) is 3.38. The van der Waals surface area contributed by atoms with Gasteiger partial charge in [0.15, 0.2) is 11.6 Å². The standard InChI is InChI=1S/C8H9F2N/c9-7-3-1-2-6(4-5-11)8(7)10/h1-3H,4-5,11H2. The van der Waals surface area contributed by atoms with E-state index in [1.54, 1.807) is 0 Å². The molecule has 0 saturated heterocycles. The van der Waals surface area contributed by atoms with Crippen LogP contribution in [0.25, 0.3) is 0 Å². The van der Waals surface area contributed by atoms with Crippen molar-refractivity contribution in [3.8, 4) is 0 Å². The topological polar surface area (TPSA) is 26.0 Å². The van der Waals surface area contributed by atoms with Crippen molar-refractivity contribution in [3.05, 3.63) is 35.4 Å². The highest BCUT2D eigenvalue weighted by atomic mass is 19.2. The Morgan fingerprint density at radius 2 is 2.00 bits per heavy atom. The maximum absolute atomic E-state index is 12.8. The van der Waals surface area contributed by atoms with Gasteiger partial charge in [-0.3, -0.25) is 0 Å². The number of hydrogen-bond acceptors (Lipinski definition) is 1. The van der Waals surface area contributed by atoms with Crippen molar-refractivity contribution in [2.45, 2.75) is 6.42 Å². The first kappa shape index (κ1) is 8.14. The molecule has 1 aromatic rings. The number of halogens is 2. The quantitative estimate of drug-likeness (QED) is 0.691. The molecule has 3 heteroatoms. The minimum absolute atomic E-state index is 0.334. The number of benzene rings is 1. The lowest BCUT2D eigenvalue weighted by molar-refractivity contribution is 0.499. The number of hydrogen-bond donors (Lipinski definition) is 1. The molecule has 2 N–H and O–H groups in total. The summed E-state index contributed by atoms with van der Waals surface area (Å²) in [5, 5.41) is 0. The Morgan fingerprint density at radius 3 is 2.64 bits per heavy atom. The van der Waals surface area contributed by atoms with Gasteiger partial charge in [-0.1, -0.05) is 12.1 Å². The summed E-state index contributed by atoms with van der Waals surface area (Å²) in [6, 6.07) is 4.10. The Morgan fingerprint density at radius 1 is 1.27 bits per heavy atom. The molecule has 0 aliphatic heterocycles. The molecule has 0 aliphatic carbocycles. The van der Waals surface area contributed by atoms with Gasteiger partial charge in [0.2, 0.25) is 0 Å². The van der Waals surface area contributed by atoms with Gasteiger partial charge in [-0.25, -0.2) is 8.78 Å². The fourth-order valence-electron chi connectivity index (χ4n) is 0.897. The normalized spacial score (nSPS) is 10.1. The monoisotopic (exact) mass is 157 g/mol. The Balaban J connectivity index is 2.96. The molecule has 0 spiro atoms. The van der Waals surface area contributed by atoms with E-state index in [0.29, 0.717) is 18.5 Å². The largest absolute Gasteiger partial charge is 0.330 e. The van der Waals surface area contributed by atoms with Gasteiger partial charge in [-0.05, 0) is 24.6 Å². The molecule has 0 unspecified atom stereocenters. The zero-order valence-corrected chi connectivity index (χ0v) is 5.98. The molecule has 1 rings (SSSR count). The molecule has 0 atom stereocenters. The maximum Gasteiger partial charge on any atom is 0.162 e. The highest BCUT2D eigenvalue weighted by Crippen LogP contribution is 2.10. The van der Waals surface area contributed by atoms with E-state index in [4.69, 9.17) is 5.73 Å². The van der Waals surface area contributed by atoms with Gasteiger partial charge in [0.05, 0.1) is 0 Å². The minimum atomic E-state index is -0.809. The van der Waals surface area contributed by atoms with E-state index in [2.05, 4.69) is 0 Å². The summed E-state index contributed by atoms with van der Waals surface area (Å²) in [4.78, 5) is 0. The Hall–Kier alpha value is -0.960. The van der Waals surface area contributed by atoms with Crippen molar-refractivity contribution in [2.24, 2.45) is 5.73 Å². The van der Waals surface area contributed by atoms with E-state index in [0.717, 1.165) is 6.07 Å². The molecule has 0 radical (unpaired) electrons. The fraction of sp³-hybridized carbons (Fsp3) is 0.250. The van der Waals surface area contributed by atoms with Crippen LogP contribution in [0.2, 0.25) is 0 Å². The zero-order chi connectivity index (χ0) is 8.27. The van der Waals surface area contributed by atoms with Crippen LogP contribution in [0.4, 0.5) is 8.78 Å². The summed E-state index contributed by atoms with van der Waals surface area (Å²) >= 11 is 0. The van der Waals surface area contributed by atoms with Gasteiger partial charge < -0.3 is 5.73 Å². The molecule has 0 saturated carbocycles. The third-order valence-electron chi connectivity index (χ3n) is 1.45. The second-order valence-electron chi connectivity index (χ2n) is 2.25. The van der Waals surface area contributed by atoms with E-state index < -0.39 is 11.6 Å². The number of rotatable bonds is 2. The van der Waals surface area contributed by atoms with Crippen LogP contribution in [0.5, 0.6) is 0 Å². The molecule has 0 bridgehead atoms. The van der Waals surface area contributed by atoms with Gasteiger partial charge in [0.1, 0.15) is 0 Å². The third-order valence-corrected chi connectivity index (χ3v) is 1.45. The third kappa shape index (κ3) is 1.74. The molecule has 0 amide bonds. The van der Waals surface area contributed by atoms with E-state index >= 15 is 0 Å². The summed E-state index contributed by atoms with van der Waals surface area (Å²) in [5.41, 5.74) is 5.53. The van der Waals surface area contributed by atoms with Crippen molar-refractivity contribution < 1.29 is 8.78 Å². The van der Waals surface area contributed by atoms with Gasteiger partial charge in [0, 0.05) is 0 Å². The first-order chi connectivity index (χ1) is 5.25. The van der Waals surface area contributed by atoms with Crippen LogP contribution < -0.4 is 5.73 Å². The highest BCUT2D eigenvalue weighted by Gasteiger charge is 2.05. The summed E-state index contributed by atoms with van der Waals surface area (Å²) < 4.78 is 25.2. The van der Waals surface area contributed by atoms with E-state index in [1.165, 1.54) is 12.1 Å². The molecule has 0 aromatic heterocycles. The smallest absolute Gasteiger partial charge is 0.162 e. The summed E-state index contributed by atoms with van der Waals surface area (Å²) in [7, 11) is 0. The van der Waals surface area contributed by atoms with Crippen LogP contribution in [-0.2, 0) is 6.42 Å². The van der Waals surface area contributed by atoms with Gasteiger partial charge in [-0.15, -0.1) is 0 Å². The molecular weight excluding hydrogens is 148 g/mol. The van der Waals surface area contributed by atoms with Crippen molar-refractivity contribution in [2.75, 3.05) is 6.54 Å². The lowest BCUT2D eigenvalue weighted by Crippen LogP contribution is -2.05. The fourth-order valence-corrected chi connectivity index (χ4v) is 0.897. The van der Waals surface area contributed by atoms with Crippen LogP contribution in [0, 0.1) is 11.6 Å². The van der Waals surface area contributed by atoms with Crippen LogP contribution in [0.1, 0.15) is 5.56 Å². The molecule has 0 fully saturated rings. The van der Waals surface area contributed by atoms with Crippen molar-refractivity contribution in [1.82, 2.24) is 0 Å². The molecule has 11 heavy (non-hydrogen) atoms. The predicted octanol–water partition coefficient (Wildman–Crippen LogP) is 1.47. The summed E-state index contributed by atoms with van der Waals surface area (Å²) in [6.07, 6.45) is 0.379. The lowest BCUT2D eigenvalue weighted by atomic mass is 10.1. The number of nitrogens with two attached hydrogens (primary N) is 1.